The van der Waals surface area contributed by atoms with Gasteiger partial charge < -0.3 is 10.0 Å². The average molecular weight is 183 g/mol. The summed E-state index contributed by atoms with van der Waals surface area (Å²) < 4.78 is 0. The summed E-state index contributed by atoms with van der Waals surface area (Å²) in [5.74, 6) is 1.02. The molecule has 0 spiro atoms. The molecule has 2 fully saturated rings. The van der Waals surface area contributed by atoms with Gasteiger partial charge in [0, 0.05) is 19.2 Å². The van der Waals surface area contributed by atoms with E-state index in [1.165, 1.54) is 45.2 Å². The van der Waals surface area contributed by atoms with Gasteiger partial charge >= 0.3 is 0 Å². The first-order chi connectivity index (χ1) is 6.40. The van der Waals surface area contributed by atoms with Crippen molar-refractivity contribution in [1.29, 1.82) is 0 Å². The van der Waals surface area contributed by atoms with Gasteiger partial charge in [0.1, 0.15) is 0 Å². The molecule has 1 N–H and O–H groups in total. The molecule has 0 aromatic rings. The monoisotopic (exact) mass is 183 g/mol. The molecule has 1 saturated heterocycles. The molecule has 1 unspecified atom stereocenters. The second-order valence-corrected chi connectivity index (χ2v) is 4.60. The molecule has 1 atom stereocenters. The number of rotatable bonds is 5. The van der Waals surface area contributed by atoms with Crippen molar-refractivity contribution in [3.05, 3.63) is 0 Å². The van der Waals surface area contributed by atoms with E-state index in [1.54, 1.807) is 0 Å². The van der Waals surface area contributed by atoms with Crippen LogP contribution in [0.2, 0.25) is 0 Å². The van der Waals surface area contributed by atoms with E-state index in [0.717, 1.165) is 18.4 Å². The molecule has 1 saturated carbocycles. The molecule has 2 nitrogen and oxygen atoms in total. The van der Waals surface area contributed by atoms with Crippen LogP contribution >= 0.6 is 0 Å². The summed E-state index contributed by atoms with van der Waals surface area (Å²) >= 11 is 0. The van der Waals surface area contributed by atoms with Crippen molar-refractivity contribution >= 4 is 0 Å². The molecule has 0 aromatic heterocycles. The third kappa shape index (κ3) is 2.68. The highest BCUT2D eigenvalue weighted by atomic mass is 16.2. The van der Waals surface area contributed by atoms with Crippen LogP contribution in [-0.4, -0.2) is 35.7 Å². The minimum Gasteiger partial charge on any atom is -0.396 e. The van der Waals surface area contributed by atoms with E-state index >= 15 is 0 Å². The minimum atomic E-state index is 0.369. The van der Waals surface area contributed by atoms with Crippen LogP contribution in [0.15, 0.2) is 0 Å². The Kier molecular flexibility index (Phi) is 3.23. The van der Waals surface area contributed by atoms with Crippen molar-refractivity contribution in [3.8, 4) is 0 Å². The highest BCUT2D eigenvalue weighted by molar-refractivity contribution is 4.84. The first-order valence-electron chi connectivity index (χ1n) is 5.75. The minimum absolute atomic E-state index is 0.369. The molecule has 0 radical (unpaired) electrons. The Bertz CT molecular complexity index is 156. The van der Waals surface area contributed by atoms with E-state index in [9.17, 15) is 0 Å². The normalized spacial score (nSPS) is 29.8. The van der Waals surface area contributed by atoms with E-state index in [0.29, 0.717) is 6.61 Å². The second kappa shape index (κ2) is 4.43. The number of hydrogen-bond acceptors (Lipinski definition) is 2. The number of hydrogen-bond donors (Lipinski definition) is 1. The van der Waals surface area contributed by atoms with E-state index in [4.69, 9.17) is 5.11 Å². The number of aliphatic hydroxyl groups excluding tert-OH is 1. The maximum absolute atomic E-state index is 8.79. The topological polar surface area (TPSA) is 23.5 Å². The molecule has 2 rings (SSSR count). The highest BCUT2D eigenvalue weighted by Gasteiger charge is 2.30. The Balaban J connectivity index is 1.72. The van der Waals surface area contributed by atoms with Gasteiger partial charge in [0.15, 0.2) is 0 Å². The molecule has 1 aliphatic carbocycles. The zero-order chi connectivity index (χ0) is 9.10. The number of aliphatic hydroxyl groups is 1. The maximum Gasteiger partial charge on any atom is 0.0431 e. The van der Waals surface area contributed by atoms with Crippen LogP contribution in [0.1, 0.15) is 38.5 Å². The lowest BCUT2D eigenvalue weighted by Crippen LogP contribution is -2.31. The predicted molar refractivity (Wildman–Crippen MR) is 53.6 cm³/mol. The lowest BCUT2D eigenvalue weighted by molar-refractivity contribution is 0.210. The Morgan fingerprint density at radius 1 is 1.23 bits per heavy atom. The van der Waals surface area contributed by atoms with Gasteiger partial charge in [0.2, 0.25) is 0 Å². The molecule has 0 aromatic carbocycles. The Labute approximate surface area is 80.9 Å². The fraction of sp³-hybridized carbons (Fsp3) is 1.00. The van der Waals surface area contributed by atoms with Gasteiger partial charge in [0.25, 0.3) is 0 Å². The molecule has 13 heavy (non-hydrogen) atoms. The molecule has 76 valence electrons. The zero-order valence-corrected chi connectivity index (χ0v) is 8.41. The van der Waals surface area contributed by atoms with Crippen molar-refractivity contribution in [2.75, 3.05) is 19.7 Å². The van der Waals surface area contributed by atoms with E-state index in [-0.39, 0.29) is 0 Å². The molecular weight excluding hydrogens is 162 g/mol. The molecule has 0 amide bonds. The van der Waals surface area contributed by atoms with Crippen molar-refractivity contribution in [2.24, 2.45) is 5.92 Å². The Hall–Kier alpha value is -0.0800. The molecule has 1 heterocycles. The SMILES string of the molecule is OCCCC1CCCN1CC1CC1. The van der Waals surface area contributed by atoms with Crippen molar-refractivity contribution in [1.82, 2.24) is 4.90 Å². The van der Waals surface area contributed by atoms with Gasteiger partial charge in [-0.2, -0.15) is 0 Å². The molecular formula is C11H21NO. The van der Waals surface area contributed by atoms with Crippen LogP contribution in [0.5, 0.6) is 0 Å². The van der Waals surface area contributed by atoms with Gasteiger partial charge in [-0.25, -0.2) is 0 Å². The third-order valence-electron chi connectivity index (χ3n) is 3.38. The van der Waals surface area contributed by atoms with Crippen LogP contribution < -0.4 is 0 Å². The van der Waals surface area contributed by atoms with Gasteiger partial charge in [-0.05, 0) is 51.0 Å². The Morgan fingerprint density at radius 3 is 2.77 bits per heavy atom. The van der Waals surface area contributed by atoms with Crippen LogP contribution in [0.25, 0.3) is 0 Å². The number of nitrogens with zero attached hydrogens (tertiary/aromatic N) is 1. The van der Waals surface area contributed by atoms with Crippen molar-refractivity contribution in [2.45, 2.75) is 44.6 Å². The summed E-state index contributed by atoms with van der Waals surface area (Å²) in [6.07, 6.45) is 7.87. The molecule has 2 aliphatic rings. The molecule has 0 bridgehead atoms. The Morgan fingerprint density at radius 2 is 2.08 bits per heavy atom. The number of likely N-dealkylation sites (tertiary alicyclic amines) is 1. The van der Waals surface area contributed by atoms with Crippen molar-refractivity contribution in [3.63, 3.8) is 0 Å². The molecule has 2 heteroatoms. The lowest BCUT2D eigenvalue weighted by atomic mass is 10.1. The van der Waals surface area contributed by atoms with Gasteiger partial charge in [-0.15, -0.1) is 0 Å². The average Bonchev–Trinajstić information content (AvgIpc) is 2.82. The summed E-state index contributed by atoms with van der Waals surface area (Å²) in [4.78, 5) is 2.66. The smallest absolute Gasteiger partial charge is 0.0431 e. The van der Waals surface area contributed by atoms with Crippen LogP contribution in [-0.2, 0) is 0 Å². The van der Waals surface area contributed by atoms with E-state index in [2.05, 4.69) is 4.90 Å². The molecule has 1 aliphatic heterocycles. The summed E-state index contributed by atoms with van der Waals surface area (Å²) in [5, 5.41) is 8.79. The third-order valence-corrected chi connectivity index (χ3v) is 3.38. The maximum atomic E-state index is 8.79. The second-order valence-electron chi connectivity index (χ2n) is 4.60. The van der Waals surface area contributed by atoms with E-state index < -0.39 is 0 Å². The van der Waals surface area contributed by atoms with Gasteiger partial charge in [-0.1, -0.05) is 0 Å². The van der Waals surface area contributed by atoms with Crippen molar-refractivity contribution < 1.29 is 5.11 Å². The first-order valence-corrected chi connectivity index (χ1v) is 5.75. The highest BCUT2D eigenvalue weighted by Crippen LogP contribution is 2.33. The fourth-order valence-electron chi connectivity index (χ4n) is 2.42. The summed E-state index contributed by atoms with van der Waals surface area (Å²) in [5.41, 5.74) is 0. The predicted octanol–water partition coefficient (Wildman–Crippen LogP) is 1.63. The summed E-state index contributed by atoms with van der Waals surface area (Å²) in [6.45, 7) is 3.02. The van der Waals surface area contributed by atoms with Crippen LogP contribution in [0.4, 0.5) is 0 Å². The summed E-state index contributed by atoms with van der Waals surface area (Å²) in [6, 6.07) is 0.799. The lowest BCUT2D eigenvalue weighted by Gasteiger charge is -2.23. The van der Waals surface area contributed by atoms with Gasteiger partial charge in [0.05, 0.1) is 0 Å². The quantitative estimate of drug-likeness (QED) is 0.700. The summed E-state index contributed by atoms with van der Waals surface area (Å²) in [7, 11) is 0. The van der Waals surface area contributed by atoms with Crippen LogP contribution in [0, 0.1) is 5.92 Å². The largest absolute Gasteiger partial charge is 0.396 e. The van der Waals surface area contributed by atoms with E-state index in [1.807, 2.05) is 0 Å². The van der Waals surface area contributed by atoms with Gasteiger partial charge in [-0.3, -0.25) is 0 Å². The standard InChI is InChI=1S/C11H21NO/c13-8-2-4-11-3-1-7-12(11)9-10-5-6-10/h10-11,13H,1-9H2. The van der Waals surface area contributed by atoms with Crippen LogP contribution in [0.3, 0.4) is 0 Å². The zero-order valence-electron chi connectivity index (χ0n) is 8.41. The first kappa shape index (κ1) is 9.47. The fourth-order valence-corrected chi connectivity index (χ4v) is 2.42.